The largest absolute Gasteiger partial charge is 0.478 e. The monoisotopic (exact) mass is 310 g/mol. The zero-order valence-electron chi connectivity index (χ0n) is 11.2. The Morgan fingerprint density at radius 3 is 2.81 bits per heavy atom. The zero-order chi connectivity index (χ0) is 15.5. The molecule has 0 radical (unpaired) electrons. The van der Waals surface area contributed by atoms with Crippen molar-refractivity contribution >= 4 is 16.0 Å². The molecule has 1 aromatic heterocycles. The summed E-state index contributed by atoms with van der Waals surface area (Å²) >= 11 is 0. The first-order valence-electron chi connectivity index (χ1n) is 6.06. The number of nitrogens with one attached hydrogen (secondary N) is 1. The maximum atomic E-state index is 12.1. The molecule has 112 valence electrons. The first kappa shape index (κ1) is 15.1. The van der Waals surface area contributed by atoms with Gasteiger partial charge in [0.1, 0.15) is 6.33 Å². The Kier molecular flexibility index (Phi) is 4.34. The summed E-state index contributed by atoms with van der Waals surface area (Å²) in [7, 11) is -2.04. The van der Waals surface area contributed by atoms with Gasteiger partial charge in [-0.25, -0.2) is 22.9 Å². The van der Waals surface area contributed by atoms with E-state index in [-0.39, 0.29) is 17.0 Å². The van der Waals surface area contributed by atoms with Gasteiger partial charge in [-0.2, -0.15) is 5.10 Å². The second-order valence-corrected chi connectivity index (χ2v) is 6.08. The van der Waals surface area contributed by atoms with Crippen LogP contribution in [-0.2, 0) is 23.5 Å². The molecule has 1 heterocycles. The minimum atomic E-state index is -3.76. The number of carbonyl (C=O) groups is 1. The molecule has 0 saturated carbocycles. The fourth-order valence-corrected chi connectivity index (χ4v) is 2.75. The number of sulfonamides is 1. The number of nitrogens with zero attached hydrogens (tertiary/aromatic N) is 3. The summed E-state index contributed by atoms with van der Waals surface area (Å²) in [5, 5.41) is 12.9. The summed E-state index contributed by atoms with van der Waals surface area (Å²) in [6.45, 7) is 0.129. The van der Waals surface area contributed by atoms with Crippen LogP contribution in [-0.4, -0.2) is 40.8 Å². The number of aryl methyl sites for hydroxylation is 1. The highest BCUT2D eigenvalue weighted by Gasteiger charge is 2.15. The quantitative estimate of drug-likeness (QED) is 0.778. The molecule has 0 unspecified atom stereocenters. The van der Waals surface area contributed by atoms with Crippen molar-refractivity contribution in [2.45, 2.75) is 11.3 Å². The maximum Gasteiger partial charge on any atom is 0.335 e. The van der Waals surface area contributed by atoms with E-state index in [1.807, 2.05) is 0 Å². The van der Waals surface area contributed by atoms with Crippen LogP contribution < -0.4 is 4.72 Å². The molecular formula is C12H14N4O4S. The molecule has 0 fully saturated rings. The Bertz CT molecular complexity index is 754. The van der Waals surface area contributed by atoms with E-state index < -0.39 is 16.0 Å². The number of aromatic carboxylic acids is 1. The van der Waals surface area contributed by atoms with Crippen LogP contribution in [0.1, 0.15) is 16.2 Å². The van der Waals surface area contributed by atoms with Crippen molar-refractivity contribution in [3.63, 3.8) is 0 Å². The average molecular weight is 310 g/mol. The van der Waals surface area contributed by atoms with E-state index in [4.69, 9.17) is 5.11 Å². The van der Waals surface area contributed by atoms with Gasteiger partial charge in [0.2, 0.25) is 10.0 Å². The molecule has 0 aliphatic rings. The van der Waals surface area contributed by atoms with Gasteiger partial charge in [0.05, 0.1) is 10.5 Å². The van der Waals surface area contributed by atoms with Crippen LogP contribution in [0.2, 0.25) is 0 Å². The van der Waals surface area contributed by atoms with E-state index in [0.29, 0.717) is 12.2 Å². The third-order valence-electron chi connectivity index (χ3n) is 2.68. The molecule has 21 heavy (non-hydrogen) atoms. The van der Waals surface area contributed by atoms with Gasteiger partial charge in [-0.15, -0.1) is 0 Å². The Hall–Kier alpha value is -2.26. The van der Waals surface area contributed by atoms with Gasteiger partial charge in [0, 0.05) is 20.0 Å². The fourth-order valence-electron chi connectivity index (χ4n) is 1.68. The van der Waals surface area contributed by atoms with Crippen LogP contribution in [0.4, 0.5) is 0 Å². The van der Waals surface area contributed by atoms with Crippen LogP contribution in [0.3, 0.4) is 0 Å². The van der Waals surface area contributed by atoms with E-state index in [1.54, 1.807) is 7.05 Å². The van der Waals surface area contributed by atoms with Crippen molar-refractivity contribution in [2.75, 3.05) is 6.54 Å². The molecule has 0 bridgehead atoms. The smallest absolute Gasteiger partial charge is 0.335 e. The normalized spacial score (nSPS) is 11.5. The van der Waals surface area contributed by atoms with E-state index in [0.717, 1.165) is 6.07 Å². The highest BCUT2D eigenvalue weighted by atomic mass is 32.2. The SMILES string of the molecule is Cn1cnc(CCNS(=O)(=O)c2cccc(C(=O)O)c2)n1. The van der Waals surface area contributed by atoms with E-state index in [1.165, 1.54) is 29.2 Å². The average Bonchev–Trinajstić information content (AvgIpc) is 2.84. The van der Waals surface area contributed by atoms with Crippen molar-refractivity contribution in [3.8, 4) is 0 Å². The second kappa shape index (κ2) is 6.02. The van der Waals surface area contributed by atoms with Gasteiger partial charge in [-0.1, -0.05) is 6.07 Å². The van der Waals surface area contributed by atoms with Crippen LogP contribution in [0.15, 0.2) is 35.5 Å². The van der Waals surface area contributed by atoms with Crippen LogP contribution in [0.25, 0.3) is 0 Å². The third-order valence-corrected chi connectivity index (χ3v) is 4.14. The highest BCUT2D eigenvalue weighted by molar-refractivity contribution is 7.89. The first-order valence-corrected chi connectivity index (χ1v) is 7.54. The lowest BCUT2D eigenvalue weighted by Crippen LogP contribution is -2.26. The van der Waals surface area contributed by atoms with Crippen molar-refractivity contribution < 1.29 is 18.3 Å². The maximum absolute atomic E-state index is 12.1. The summed E-state index contributed by atoms with van der Waals surface area (Å²) in [5.74, 6) is -0.649. The summed E-state index contributed by atoms with van der Waals surface area (Å²) in [5.41, 5.74) is -0.0794. The van der Waals surface area contributed by atoms with Crippen molar-refractivity contribution in [3.05, 3.63) is 42.0 Å². The molecule has 2 rings (SSSR count). The molecule has 0 spiro atoms. The molecular weight excluding hydrogens is 296 g/mol. The van der Waals surface area contributed by atoms with Crippen molar-refractivity contribution in [1.82, 2.24) is 19.5 Å². The number of carboxylic acid groups (broad SMARTS) is 1. The van der Waals surface area contributed by atoms with Crippen LogP contribution in [0.5, 0.6) is 0 Å². The van der Waals surface area contributed by atoms with Crippen molar-refractivity contribution in [1.29, 1.82) is 0 Å². The number of aromatic nitrogens is 3. The van der Waals surface area contributed by atoms with Gasteiger partial charge in [-0.05, 0) is 18.2 Å². The molecule has 0 amide bonds. The van der Waals surface area contributed by atoms with Crippen LogP contribution in [0, 0.1) is 0 Å². The van der Waals surface area contributed by atoms with E-state index >= 15 is 0 Å². The number of benzene rings is 1. The topological polar surface area (TPSA) is 114 Å². The summed E-state index contributed by atoms with van der Waals surface area (Å²) in [6, 6.07) is 5.18. The van der Waals surface area contributed by atoms with Crippen LogP contribution >= 0.6 is 0 Å². The number of rotatable bonds is 6. The van der Waals surface area contributed by atoms with Gasteiger partial charge in [-0.3, -0.25) is 4.68 Å². The molecule has 2 aromatic rings. The van der Waals surface area contributed by atoms with E-state index in [2.05, 4.69) is 14.8 Å². The molecule has 0 aliphatic carbocycles. The van der Waals surface area contributed by atoms with Gasteiger partial charge >= 0.3 is 5.97 Å². The summed E-state index contributed by atoms with van der Waals surface area (Å²) < 4.78 is 28.0. The first-order chi connectivity index (χ1) is 9.88. The Morgan fingerprint density at radius 1 is 1.43 bits per heavy atom. The number of hydrogen-bond acceptors (Lipinski definition) is 5. The Morgan fingerprint density at radius 2 is 2.19 bits per heavy atom. The lowest BCUT2D eigenvalue weighted by Gasteiger charge is -2.06. The number of hydrogen-bond donors (Lipinski definition) is 2. The number of carboxylic acids is 1. The molecule has 9 heteroatoms. The predicted molar refractivity (Wildman–Crippen MR) is 73.3 cm³/mol. The standard InChI is InChI=1S/C12H14N4O4S/c1-16-8-13-11(15-16)5-6-14-21(19,20)10-4-2-3-9(7-10)12(17)18/h2-4,7-8,14H,5-6H2,1H3,(H,17,18). The van der Waals surface area contributed by atoms with Gasteiger partial charge < -0.3 is 5.11 Å². The Balaban J connectivity index is 2.04. The predicted octanol–water partition coefficient (Wildman–Crippen LogP) is 0.0343. The van der Waals surface area contributed by atoms with E-state index in [9.17, 15) is 13.2 Å². The molecule has 1 aromatic carbocycles. The molecule has 8 nitrogen and oxygen atoms in total. The summed E-state index contributed by atoms with van der Waals surface area (Å²) in [4.78, 5) is 14.7. The van der Waals surface area contributed by atoms with Gasteiger partial charge in [0.25, 0.3) is 0 Å². The highest BCUT2D eigenvalue weighted by Crippen LogP contribution is 2.11. The molecule has 0 saturated heterocycles. The molecule has 0 atom stereocenters. The molecule has 0 aliphatic heterocycles. The Labute approximate surface area is 121 Å². The summed E-state index contributed by atoms with van der Waals surface area (Å²) in [6.07, 6.45) is 1.87. The zero-order valence-corrected chi connectivity index (χ0v) is 12.0. The van der Waals surface area contributed by atoms with Gasteiger partial charge in [0.15, 0.2) is 5.82 Å². The minimum Gasteiger partial charge on any atom is -0.478 e. The third kappa shape index (κ3) is 3.86. The molecule has 2 N–H and O–H groups in total. The minimum absolute atomic E-state index is 0.0794. The lowest BCUT2D eigenvalue weighted by molar-refractivity contribution is 0.0696. The second-order valence-electron chi connectivity index (χ2n) is 4.32. The lowest BCUT2D eigenvalue weighted by atomic mass is 10.2. The fraction of sp³-hybridized carbons (Fsp3) is 0.250. The van der Waals surface area contributed by atoms with Crippen molar-refractivity contribution in [2.24, 2.45) is 7.05 Å².